The largest absolute Gasteiger partial charge is 0.264 e. The van der Waals surface area contributed by atoms with Crippen LogP contribution in [-0.2, 0) is 0 Å². The molecule has 0 aromatic carbocycles. The summed E-state index contributed by atoms with van der Waals surface area (Å²) in [5.41, 5.74) is 3.26. The van der Waals surface area contributed by atoms with Gasteiger partial charge in [-0.25, -0.2) is 0 Å². The van der Waals surface area contributed by atoms with Gasteiger partial charge in [-0.1, -0.05) is 36.4 Å². The normalized spacial score (nSPS) is 12.0. The molecule has 1 aromatic heterocycles. The van der Waals surface area contributed by atoms with Crippen LogP contribution in [0.1, 0.15) is 19.4 Å². The SMILES string of the molecule is C=C(/C=C(C)\C=C/C)c1cccnc1. The Labute approximate surface area is 85.5 Å². The maximum absolute atomic E-state index is 4.05. The Balaban J connectivity index is 2.83. The number of nitrogens with zero attached hydrogens (tertiary/aromatic N) is 1. The van der Waals surface area contributed by atoms with E-state index in [0.717, 1.165) is 11.1 Å². The first kappa shape index (κ1) is 10.5. The molecule has 1 aromatic rings. The molecule has 0 radical (unpaired) electrons. The van der Waals surface area contributed by atoms with Gasteiger partial charge in [-0.15, -0.1) is 0 Å². The number of rotatable bonds is 3. The zero-order chi connectivity index (χ0) is 10.4. The van der Waals surface area contributed by atoms with E-state index in [1.54, 1.807) is 6.20 Å². The van der Waals surface area contributed by atoms with E-state index < -0.39 is 0 Å². The Kier molecular flexibility index (Phi) is 3.86. The Morgan fingerprint density at radius 2 is 2.29 bits per heavy atom. The van der Waals surface area contributed by atoms with Crippen LogP contribution in [0, 0.1) is 0 Å². The molecule has 0 spiro atoms. The second-order valence-corrected chi connectivity index (χ2v) is 3.16. The fourth-order valence-corrected chi connectivity index (χ4v) is 1.22. The zero-order valence-electron chi connectivity index (χ0n) is 8.70. The standard InChI is InChI=1S/C13H15N/c1-4-6-11(2)9-12(3)13-7-5-8-14-10-13/h4-10H,3H2,1-2H3/b6-4-,11-9-. The van der Waals surface area contributed by atoms with Gasteiger partial charge in [0.1, 0.15) is 0 Å². The van der Waals surface area contributed by atoms with E-state index in [9.17, 15) is 0 Å². The quantitative estimate of drug-likeness (QED) is 0.655. The smallest absolute Gasteiger partial charge is 0.0346 e. The highest BCUT2D eigenvalue weighted by atomic mass is 14.6. The minimum Gasteiger partial charge on any atom is -0.264 e. The summed E-state index contributed by atoms with van der Waals surface area (Å²) < 4.78 is 0. The molecule has 0 N–H and O–H groups in total. The fourth-order valence-electron chi connectivity index (χ4n) is 1.22. The van der Waals surface area contributed by atoms with Crippen molar-refractivity contribution < 1.29 is 0 Å². The average molecular weight is 185 g/mol. The lowest BCUT2D eigenvalue weighted by molar-refractivity contribution is 1.31. The molecule has 1 rings (SSSR count). The number of hydrogen-bond donors (Lipinski definition) is 0. The maximum Gasteiger partial charge on any atom is 0.0346 e. The summed E-state index contributed by atoms with van der Waals surface area (Å²) in [6, 6.07) is 3.92. The number of allylic oxidation sites excluding steroid dienone is 5. The van der Waals surface area contributed by atoms with Gasteiger partial charge in [-0.3, -0.25) is 4.98 Å². The molecule has 0 unspecified atom stereocenters. The third-order valence-electron chi connectivity index (χ3n) is 1.86. The highest BCUT2D eigenvalue weighted by Crippen LogP contribution is 2.14. The van der Waals surface area contributed by atoms with Crippen molar-refractivity contribution in [2.75, 3.05) is 0 Å². The predicted molar refractivity (Wildman–Crippen MR) is 61.8 cm³/mol. The lowest BCUT2D eigenvalue weighted by Gasteiger charge is -1.99. The molecule has 1 nitrogen and oxygen atoms in total. The molecular formula is C13H15N. The summed E-state index contributed by atoms with van der Waals surface area (Å²) in [5.74, 6) is 0. The highest BCUT2D eigenvalue weighted by molar-refractivity contribution is 5.72. The monoisotopic (exact) mass is 185 g/mol. The summed E-state index contributed by atoms with van der Waals surface area (Å²) in [7, 11) is 0. The van der Waals surface area contributed by atoms with E-state index in [1.165, 1.54) is 5.57 Å². The van der Waals surface area contributed by atoms with Gasteiger partial charge >= 0.3 is 0 Å². The predicted octanol–water partition coefficient (Wildman–Crippen LogP) is 3.62. The van der Waals surface area contributed by atoms with Crippen molar-refractivity contribution in [3.05, 3.63) is 60.5 Å². The molecule has 0 aliphatic heterocycles. The van der Waals surface area contributed by atoms with Crippen LogP contribution >= 0.6 is 0 Å². The van der Waals surface area contributed by atoms with Crippen LogP contribution in [0.5, 0.6) is 0 Å². The van der Waals surface area contributed by atoms with Gasteiger partial charge in [0.15, 0.2) is 0 Å². The number of pyridine rings is 1. The van der Waals surface area contributed by atoms with Gasteiger partial charge in [0.25, 0.3) is 0 Å². The molecule has 1 heteroatoms. The van der Waals surface area contributed by atoms with E-state index in [2.05, 4.69) is 30.6 Å². The summed E-state index contributed by atoms with van der Waals surface area (Å²) in [4.78, 5) is 4.05. The summed E-state index contributed by atoms with van der Waals surface area (Å²) >= 11 is 0. The molecule has 72 valence electrons. The van der Waals surface area contributed by atoms with Crippen LogP contribution in [0.2, 0.25) is 0 Å². The molecule has 0 saturated carbocycles. The van der Waals surface area contributed by atoms with Gasteiger partial charge in [0.05, 0.1) is 0 Å². The Bertz CT molecular complexity index is 358. The molecule has 0 saturated heterocycles. The van der Waals surface area contributed by atoms with Crippen LogP contribution in [0.3, 0.4) is 0 Å². The van der Waals surface area contributed by atoms with Gasteiger partial charge in [0, 0.05) is 12.4 Å². The zero-order valence-corrected chi connectivity index (χ0v) is 8.70. The number of hydrogen-bond acceptors (Lipinski definition) is 1. The van der Waals surface area contributed by atoms with Crippen molar-refractivity contribution in [3.8, 4) is 0 Å². The van der Waals surface area contributed by atoms with Crippen LogP contribution in [0.4, 0.5) is 0 Å². The maximum atomic E-state index is 4.05. The minimum atomic E-state index is 0.994. The van der Waals surface area contributed by atoms with Crippen molar-refractivity contribution in [1.82, 2.24) is 4.98 Å². The Hall–Kier alpha value is -1.63. The van der Waals surface area contributed by atoms with Gasteiger partial charge in [0.2, 0.25) is 0 Å². The van der Waals surface area contributed by atoms with Gasteiger partial charge in [-0.05, 0) is 31.1 Å². The third-order valence-corrected chi connectivity index (χ3v) is 1.86. The van der Waals surface area contributed by atoms with E-state index in [4.69, 9.17) is 0 Å². The van der Waals surface area contributed by atoms with Gasteiger partial charge in [-0.2, -0.15) is 0 Å². The lowest BCUT2D eigenvalue weighted by Crippen LogP contribution is -1.81. The number of aromatic nitrogens is 1. The van der Waals surface area contributed by atoms with E-state index >= 15 is 0 Å². The van der Waals surface area contributed by atoms with Gasteiger partial charge < -0.3 is 0 Å². The van der Waals surface area contributed by atoms with E-state index in [1.807, 2.05) is 31.3 Å². The topological polar surface area (TPSA) is 12.9 Å². The lowest BCUT2D eigenvalue weighted by atomic mass is 10.1. The van der Waals surface area contributed by atoms with Crippen LogP contribution in [0.25, 0.3) is 5.57 Å². The molecule has 0 aliphatic carbocycles. The van der Waals surface area contributed by atoms with Crippen molar-refractivity contribution in [3.63, 3.8) is 0 Å². The van der Waals surface area contributed by atoms with Crippen molar-refractivity contribution in [2.45, 2.75) is 13.8 Å². The minimum absolute atomic E-state index is 0.994. The Morgan fingerprint density at radius 3 is 2.86 bits per heavy atom. The van der Waals surface area contributed by atoms with Crippen LogP contribution in [0.15, 0.2) is 54.9 Å². The molecule has 0 fully saturated rings. The molecular weight excluding hydrogens is 170 g/mol. The van der Waals surface area contributed by atoms with E-state index in [-0.39, 0.29) is 0 Å². The summed E-state index contributed by atoms with van der Waals surface area (Å²) in [6.45, 7) is 8.06. The van der Waals surface area contributed by atoms with Crippen molar-refractivity contribution in [2.24, 2.45) is 0 Å². The van der Waals surface area contributed by atoms with Crippen LogP contribution < -0.4 is 0 Å². The average Bonchev–Trinajstić information content (AvgIpc) is 2.19. The molecule has 14 heavy (non-hydrogen) atoms. The summed E-state index contributed by atoms with van der Waals surface area (Å²) in [6.07, 6.45) is 9.71. The molecule has 0 amide bonds. The highest BCUT2D eigenvalue weighted by Gasteiger charge is 1.93. The third kappa shape index (κ3) is 3.02. The first-order valence-corrected chi connectivity index (χ1v) is 4.64. The Morgan fingerprint density at radius 1 is 1.50 bits per heavy atom. The van der Waals surface area contributed by atoms with Crippen molar-refractivity contribution in [1.29, 1.82) is 0 Å². The first-order valence-electron chi connectivity index (χ1n) is 4.64. The first-order chi connectivity index (χ1) is 6.74. The van der Waals surface area contributed by atoms with Crippen molar-refractivity contribution >= 4 is 5.57 Å². The second kappa shape index (κ2) is 5.18. The molecule has 0 bridgehead atoms. The molecule has 1 heterocycles. The van der Waals surface area contributed by atoms with E-state index in [0.29, 0.717) is 0 Å². The van der Waals surface area contributed by atoms with Crippen LogP contribution in [-0.4, -0.2) is 4.98 Å². The molecule has 0 aliphatic rings. The molecule has 0 atom stereocenters. The summed E-state index contributed by atoms with van der Waals surface area (Å²) in [5, 5.41) is 0. The second-order valence-electron chi connectivity index (χ2n) is 3.16. The fraction of sp³-hybridized carbons (Fsp3) is 0.154.